The third kappa shape index (κ3) is 5.76. The van der Waals surface area contributed by atoms with E-state index in [1.807, 2.05) is 51.1 Å². The summed E-state index contributed by atoms with van der Waals surface area (Å²) >= 11 is 0. The maximum atomic E-state index is 14.1. The lowest BCUT2D eigenvalue weighted by molar-refractivity contribution is -0.133. The first-order valence-electron chi connectivity index (χ1n) is 12.4. The molecule has 0 bridgehead atoms. The van der Waals surface area contributed by atoms with Gasteiger partial charge in [-0.05, 0) is 50.1 Å². The fourth-order valence-corrected chi connectivity index (χ4v) is 5.05. The molecule has 0 N–H and O–H groups in total. The van der Waals surface area contributed by atoms with Crippen molar-refractivity contribution in [3.05, 3.63) is 66.0 Å². The monoisotopic (exact) mass is 466 g/mol. The van der Waals surface area contributed by atoms with Crippen LogP contribution in [0.2, 0.25) is 0 Å². The lowest BCUT2D eigenvalue weighted by Crippen LogP contribution is -2.54. The number of rotatable bonds is 7. The number of anilines is 1. The van der Waals surface area contributed by atoms with Gasteiger partial charge >= 0.3 is 0 Å². The van der Waals surface area contributed by atoms with Crippen molar-refractivity contribution in [2.24, 2.45) is 0 Å². The van der Waals surface area contributed by atoms with E-state index in [1.54, 1.807) is 12.1 Å². The normalized spacial score (nSPS) is 17.3. The highest BCUT2D eigenvalue weighted by atomic mass is 19.1. The predicted molar refractivity (Wildman–Crippen MR) is 132 cm³/mol. The van der Waals surface area contributed by atoms with Crippen molar-refractivity contribution in [2.45, 2.75) is 32.2 Å². The van der Waals surface area contributed by atoms with Gasteiger partial charge in [-0.3, -0.25) is 14.5 Å². The third-order valence-electron chi connectivity index (χ3n) is 6.96. The molecule has 0 aromatic heterocycles. The lowest BCUT2D eigenvalue weighted by Gasteiger charge is -2.40. The maximum absolute atomic E-state index is 14.1. The molecule has 2 aliphatic rings. The Labute approximate surface area is 201 Å². The number of halogens is 1. The van der Waals surface area contributed by atoms with E-state index in [2.05, 4.69) is 11.8 Å². The van der Waals surface area contributed by atoms with Crippen LogP contribution >= 0.6 is 0 Å². The molecule has 2 aromatic carbocycles. The maximum Gasteiger partial charge on any atom is 0.253 e. The molecule has 0 atom stereocenters. The van der Waals surface area contributed by atoms with E-state index in [1.165, 1.54) is 6.07 Å². The van der Waals surface area contributed by atoms with Crippen LogP contribution in [0.1, 0.15) is 36.5 Å². The van der Waals surface area contributed by atoms with Crippen LogP contribution in [0.15, 0.2) is 54.6 Å². The van der Waals surface area contributed by atoms with E-state index in [-0.39, 0.29) is 17.6 Å². The zero-order valence-electron chi connectivity index (χ0n) is 20.0. The number of carbonyl (C=O) groups is 2. The van der Waals surface area contributed by atoms with Gasteiger partial charge in [-0.2, -0.15) is 0 Å². The molecule has 0 spiro atoms. The average molecular weight is 467 g/mol. The minimum absolute atomic E-state index is 0.0879. The lowest BCUT2D eigenvalue weighted by atomic mass is 10.0. The zero-order chi connectivity index (χ0) is 23.9. The van der Waals surface area contributed by atoms with Crippen molar-refractivity contribution >= 4 is 17.5 Å². The molecule has 182 valence electrons. The second-order valence-corrected chi connectivity index (χ2v) is 9.18. The van der Waals surface area contributed by atoms with Gasteiger partial charge in [0.05, 0.1) is 12.2 Å². The molecular formula is C27H35FN4O2. The number of likely N-dealkylation sites (tertiary alicyclic amines) is 1. The van der Waals surface area contributed by atoms with Crippen LogP contribution in [0, 0.1) is 5.82 Å². The number of piperazine rings is 1. The summed E-state index contributed by atoms with van der Waals surface area (Å²) < 4.78 is 14.1. The van der Waals surface area contributed by atoms with Gasteiger partial charge in [0.1, 0.15) is 5.82 Å². The molecule has 7 heteroatoms. The van der Waals surface area contributed by atoms with Crippen molar-refractivity contribution in [3.63, 3.8) is 0 Å². The van der Waals surface area contributed by atoms with Gasteiger partial charge in [0.2, 0.25) is 5.91 Å². The number of para-hydroxylation sites is 1. The van der Waals surface area contributed by atoms with Crippen molar-refractivity contribution in [3.8, 4) is 0 Å². The highest BCUT2D eigenvalue weighted by Crippen LogP contribution is 2.22. The Hall–Kier alpha value is -2.93. The van der Waals surface area contributed by atoms with E-state index in [9.17, 15) is 14.0 Å². The van der Waals surface area contributed by atoms with E-state index >= 15 is 0 Å². The number of amides is 2. The van der Waals surface area contributed by atoms with Gasteiger partial charge in [-0.1, -0.05) is 37.3 Å². The molecule has 2 fully saturated rings. The van der Waals surface area contributed by atoms with Crippen LogP contribution in [-0.4, -0.2) is 84.9 Å². The smallest absolute Gasteiger partial charge is 0.253 e. The zero-order valence-corrected chi connectivity index (χ0v) is 20.0. The Balaban J connectivity index is 1.28. The van der Waals surface area contributed by atoms with Crippen LogP contribution in [-0.2, 0) is 4.79 Å². The molecule has 6 nitrogen and oxygen atoms in total. The van der Waals surface area contributed by atoms with E-state index in [4.69, 9.17) is 0 Å². The summed E-state index contributed by atoms with van der Waals surface area (Å²) in [5, 5.41) is 0. The van der Waals surface area contributed by atoms with Crippen LogP contribution in [0.5, 0.6) is 0 Å². The van der Waals surface area contributed by atoms with E-state index < -0.39 is 0 Å². The van der Waals surface area contributed by atoms with Crippen LogP contribution in [0.4, 0.5) is 10.1 Å². The number of hydrogen-bond donors (Lipinski definition) is 0. The highest BCUT2D eigenvalue weighted by Gasteiger charge is 2.30. The Morgan fingerprint density at radius 1 is 0.882 bits per heavy atom. The van der Waals surface area contributed by atoms with E-state index in [0.29, 0.717) is 57.5 Å². The molecule has 0 aliphatic carbocycles. The van der Waals surface area contributed by atoms with Gasteiger partial charge in [0.25, 0.3) is 5.91 Å². The number of nitrogens with zero attached hydrogens (tertiary/aromatic N) is 4. The topological polar surface area (TPSA) is 47.1 Å². The number of benzene rings is 2. The Bertz CT molecular complexity index is 954. The molecule has 0 radical (unpaired) electrons. The first kappa shape index (κ1) is 24.2. The Kier molecular flexibility index (Phi) is 8.16. The predicted octanol–water partition coefficient (Wildman–Crippen LogP) is 3.49. The third-order valence-corrected chi connectivity index (χ3v) is 6.96. The molecule has 2 amide bonds. The van der Waals surface area contributed by atoms with Crippen molar-refractivity contribution < 1.29 is 14.0 Å². The molecular weight excluding hydrogens is 431 g/mol. The molecule has 34 heavy (non-hydrogen) atoms. The SMILES string of the molecule is CCCN(CC(=O)N1CCN(c2ccccc2F)CC1)C1CCN(C(=O)c2ccccc2)CC1. The molecule has 0 unspecified atom stereocenters. The van der Waals surface area contributed by atoms with Crippen LogP contribution in [0.25, 0.3) is 0 Å². The Morgan fingerprint density at radius 2 is 1.53 bits per heavy atom. The molecule has 2 aromatic rings. The minimum Gasteiger partial charge on any atom is -0.366 e. The number of hydrogen-bond acceptors (Lipinski definition) is 4. The largest absolute Gasteiger partial charge is 0.366 e. The molecule has 2 saturated heterocycles. The fraction of sp³-hybridized carbons (Fsp3) is 0.481. The number of carbonyl (C=O) groups excluding carboxylic acids is 2. The van der Waals surface area contributed by atoms with Crippen molar-refractivity contribution in [1.82, 2.24) is 14.7 Å². The Morgan fingerprint density at radius 3 is 2.18 bits per heavy atom. The van der Waals surface area contributed by atoms with Gasteiger partial charge < -0.3 is 14.7 Å². The first-order chi connectivity index (χ1) is 16.6. The second-order valence-electron chi connectivity index (χ2n) is 9.18. The van der Waals surface area contributed by atoms with Crippen LogP contribution in [0.3, 0.4) is 0 Å². The first-order valence-corrected chi connectivity index (χ1v) is 12.4. The molecule has 0 saturated carbocycles. The summed E-state index contributed by atoms with van der Waals surface area (Å²) in [5.41, 5.74) is 1.34. The summed E-state index contributed by atoms with van der Waals surface area (Å²) in [6, 6.07) is 16.6. The average Bonchev–Trinajstić information content (AvgIpc) is 2.89. The summed E-state index contributed by atoms with van der Waals surface area (Å²) in [6.45, 7) is 7.35. The van der Waals surface area contributed by atoms with Gasteiger partial charge in [0.15, 0.2) is 0 Å². The van der Waals surface area contributed by atoms with E-state index in [0.717, 1.165) is 31.4 Å². The standard InChI is InChI=1S/C27H35FN4O2/c1-2-14-32(23-12-15-31(16-13-23)27(34)22-8-4-3-5-9-22)21-26(33)30-19-17-29(18-20-30)25-11-7-6-10-24(25)28/h3-11,23H,2,12-21H2,1H3. The summed E-state index contributed by atoms with van der Waals surface area (Å²) in [6.07, 6.45) is 2.75. The van der Waals surface area contributed by atoms with Crippen LogP contribution < -0.4 is 4.90 Å². The molecule has 2 aliphatic heterocycles. The minimum atomic E-state index is -0.214. The van der Waals surface area contributed by atoms with Crippen molar-refractivity contribution in [1.29, 1.82) is 0 Å². The second kappa shape index (κ2) is 11.5. The van der Waals surface area contributed by atoms with Crippen molar-refractivity contribution in [2.75, 3.05) is 57.3 Å². The van der Waals surface area contributed by atoms with Gasteiger partial charge in [-0.15, -0.1) is 0 Å². The molecule has 2 heterocycles. The molecule has 4 rings (SSSR count). The summed E-state index contributed by atoms with van der Waals surface area (Å²) in [7, 11) is 0. The van der Waals surface area contributed by atoms with Gasteiger partial charge in [0, 0.05) is 50.9 Å². The summed E-state index contributed by atoms with van der Waals surface area (Å²) in [4.78, 5) is 34.0. The highest BCUT2D eigenvalue weighted by molar-refractivity contribution is 5.94. The summed E-state index contributed by atoms with van der Waals surface area (Å²) in [5.74, 6) is 0.0165. The number of piperidine rings is 1. The fourth-order valence-electron chi connectivity index (χ4n) is 5.05. The quantitative estimate of drug-likeness (QED) is 0.627. The van der Waals surface area contributed by atoms with Gasteiger partial charge in [-0.25, -0.2) is 4.39 Å².